The molecule has 0 heterocycles. The molecule has 0 aliphatic rings. The van der Waals surface area contributed by atoms with Gasteiger partial charge < -0.3 is 19.5 Å². The van der Waals surface area contributed by atoms with E-state index in [1.807, 2.05) is 57.2 Å². The SMILES string of the molecule is COc1ccc(OCC(C)NC(=O)COc2cc(C)cc(C)c2)cc1. The Kier molecular flexibility index (Phi) is 6.69. The summed E-state index contributed by atoms with van der Waals surface area (Å²) in [7, 11) is 1.62. The highest BCUT2D eigenvalue weighted by molar-refractivity contribution is 5.77. The van der Waals surface area contributed by atoms with Crippen molar-refractivity contribution >= 4 is 5.91 Å². The first-order valence-corrected chi connectivity index (χ1v) is 8.23. The molecule has 2 rings (SSSR count). The molecule has 5 heteroatoms. The Labute approximate surface area is 148 Å². The molecule has 0 aliphatic carbocycles. The second-order valence-corrected chi connectivity index (χ2v) is 6.07. The van der Waals surface area contributed by atoms with Crippen molar-refractivity contribution in [3.8, 4) is 17.2 Å². The maximum absolute atomic E-state index is 12.0. The molecule has 1 atom stereocenters. The summed E-state index contributed by atoms with van der Waals surface area (Å²) in [4.78, 5) is 12.0. The van der Waals surface area contributed by atoms with Gasteiger partial charge in [0.15, 0.2) is 6.61 Å². The summed E-state index contributed by atoms with van der Waals surface area (Å²) in [6.07, 6.45) is 0. The summed E-state index contributed by atoms with van der Waals surface area (Å²) in [5.41, 5.74) is 2.22. The molecule has 25 heavy (non-hydrogen) atoms. The zero-order chi connectivity index (χ0) is 18.2. The van der Waals surface area contributed by atoms with E-state index < -0.39 is 0 Å². The van der Waals surface area contributed by atoms with Gasteiger partial charge in [-0.05, 0) is 68.3 Å². The molecule has 5 nitrogen and oxygen atoms in total. The van der Waals surface area contributed by atoms with Crippen LogP contribution in [0.4, 0.5) is 0 Å². The second kappa shape index (κ2) is 8.97. The summed E-state index contributed by atoms with van der Waals surface area (Å²) in [6, 6.07) is 13.1. The molecule has 0 bridgehead atoms. The predicted molar refractivity (Wildman–Crippen MR) is 97.5 cm³/mol. The molecule has 0 radical (unpaired) electrons. The highest BCUT2D eigenvalue weighted by atomic mass is 16.5. The number of rotatable bonds is 8. The van der Waals surface area contributed by atoms with Gasteiger partial charge in [0.2, 0.25) is 0 Å². The lowest BCUT2D eigenvalue weighted by molar-refractivity contribution is -0.123. The third kappa shape index (κ3) is 6.37. The van der Waals surface area contributed by atoms with Crippen LogP contribution < -0.4 is 19.5 Å². The van der Waals surface area contributed by atoms with Crippen molar-refractivity contribution in [2.24, 2.45) is 0 Å². The molecular formula is C20H25NO4. The van der Waals surface area contributed by atoms with Crippen molar-refractivity contribution in [3.05, 3.63) is 53.6 Å². The molecule has 0 aromatic heterocycles. The van der Waals surface area contributed by atoms with E-state index in [4.69, 9.17) is 14.2 Å². The largest absolute Gasteiger partial charge is 0.497 e. The van der Waals surface area contributed by atoms with Crippen LogP contribution in [0, 0.1) is 13.8 Å². The van der Waals surface area contributed by atoms with Gasteiger partial charge in [-0.1, -0.05) is 6.07 Å². The number of nitrogens with one attached hydrogen (secondary N) is 1. The van der Waals surface area contributed by atoms with Crippen LogP contribution in [0.3, 0.4) is 0 Å². The third-order valence-electron chi connectivity index (χ3n) is 3.53. The second-order valence-electron chi connectivity index (χ2n) is 6.07. The van der Waals surface area contributed by atoms with Crippen LogP contribution in [0.1, 0.15) is 18.1 Å². The molecule has 0 fully saturated rings. The first-order chi connectivity index (χ1) is 12.0. The van der Waals surface area contributed by atoms with Crippen LogP contribution in [0.5, 0.6) is 17.2 Å². The minimum absolute atomic E-state index is 0.0181. The first-order valence-electron chi connectivity index (χ1n) is 8.23. The van der Waals surface area contributed by atoms with Crippen LogP contribution in [-0.2, 0) is 4.79 Å². The highest BCUT2D eigenvalue weighted by Crippen LogP contribution is 2.17. The minimum atomic E-state index is -0.176. The van der Waals surface area contributed by atoms with Gasteiger partial charge in [0.1, 0.15) is 23.9 Å². The zero-order valence-corrected chi connectivity index (χ0v) is 15.2. The Balaban J connectivity index is 1.73. The molecule has 0 saturated heterocycles. The zero-order valence-electron chi connectivity index (χ0n) is 15.2. The summed E-state index contributed by atoms with van der Waals surface area (Å²) in [5.74, 6) is 2.03. The number of benzene rings is 2. The fourth-order valence-corrected chi connectivity index (χ4v) is 2.42. The molecule has 1 N–H and O–H groups in total. The molecule has 1 unspecified atom stereocenters. The van der Waals surface area contributed by atoms with Gasteiger partial charge in [-0.3, -0.25) is 4.79 Å². The van der Waals surface area contributed by atoms with E-state index >= 15 is 0 Å². The summed E-state index contributed by atoms with van der Waals surface area (Å²) < 4.78 is 16.3. The van der Waals surface area contributed by atoms with E-state index in [1.165, 1.54) is 0 Å². The topological polar surface area (TPSA) is 56.8 Å². The lowest BCUT2D eigenvalue weighted by atomic mass is 10.1. The van der Waals surface area contributed by atoms with E-state index in [0.29, 0.717) is 12.4 Å². The number of hydrogen-bond donors (Lipinski definition) is 1. The number of carbonyl (C=O) groups is 1. The van der Waals surface area contributed by atoms with E-state index in [2.05, 4.69) is 11.4 Å². The summed E-state index contributed by atoms with van der Waals surface area (Å²) in [6.45, 7) is 6.24. The monoisotopic (exact) mass is 343 g/mol. The number of amides is 1. The smallest absolute Gasteiger partial charge is 0.258 e. The lowest BCUT2D eigenvalue weighted by Crippen LogP contribution is -2.39. The predicted octanol–water partition coefficient (Wildman–Crippen LogP) is 3.27. The van der Waals surface area contributed by atoms with Gasteiger partial charge in [0, 0.05) is 0 Å². The Hall–Kier alpha value is -2.69. The fraction of sp³-hybridized carbons (Fsp3) is 0.350. The number of hydrogen-bond acceptors (Lipinski definition) is 4. The fourth-order valence-electron chi connectivity index (χ4n) is 2.42. The number of carbonyl (C=O) groups excluding carboxylic acids is 1. The number of aryl methyl sites for hydroxylation is 2. The van der Waals surface area contributed by atoms with Crippen molar-refractivity contribution in [1.82, 2.24) is 5.32 Å². The Bertz CT molecular complexity index is 677. The molecule has 2 aromatic carbocycles. The quantitative estimate of drug-likeness (QED) is 0.799. The van der Waals surface area contributed by atoms with Gasteiger partial charge in [0.05, 0.1) is 13.2 Å². The molecular weight excluding hydrogens is 318 g/mol. The summed E-state index contributed by atoms with van der Waals surface area (Å²) in [5, 5.41) is 2.86. The van der Waals surface area contributed by atoms with Crippen LogP contribution in [0.25, 0.3) is 0 Å². The molecule has 0 aliphatic heterocycles. The Morgan fingerprint density at radius 2 is 1.56 bits per heavy atom. The van der Waals surface area contributed by atoms with Gasteiger partial charge in [-0.2, -0.15) is 0 Å². The van der Waals surface area contributed by atoms with Crippen LogP contribution in [0.15, 0.2) is 42.5 Å². The van der Waals surface area contributed by atoms with Crippen LogP contribution in [-0.4, -0.2) is 32.3 Å². The van der Waals surface area contributed by atoms with Gasteiger partial charge >= 0.3 is 0 Å². The van der Waals surface area contributed by atoms with Crippen molar-refractivity contribution < 1.29 is 19.0 Å². The Morgan fingerprint density at radius 3 is 2.16 bits per heavy atom. The molecule has 0 saturated carbocycles. The highest BCUT2D eigenvalue weighted by Gasteiger charge is 2.09. The molecule has 1 amide bonds. The van der Waals surface area contributed by atoms with E-state index in [1.54, 1.807) is 7.11 Å². The molecule has 134 valence electrons. The number of methoxy groups -OCH3 is 1. The van der Waals surface area contributed by atoms with E-state index in [0.717, 1.165) is 22.6 Å². The molecule has 0 spiro atoms. The third-order valence-corrected chi connectivity index (χ3v) is 3.53. The number of ether oxygens (including phenoxy) is 3. The van der Waals surface area contributed by atoms with E-state index in [-0.39, 0.29) is 18.6 Å². The average molecular weight is 343 g/mol. The van der Waals surface area contributed by atoms with Gasteiger partial charge in [0.25, 0.3) is 5.91 Å². The summed E-state index contributed by atoms with van der Waals surface area (Å²) >= 11 is 0. The van der Waals surface area contributed by atoms with Gasteiger partial charge in [-0.15, -0.1) is 0 Å². The van der Waals surface area contributed by atoms with Crippen molar-refractivity contribution in [2.75, 3.05) is 20.3 Å². The van der Waals surface area contributed by atoms with E-state index in [9.17, 15) is 4.79 Å². The molecule has 2 aromatic rings. The van der Waals surface area contributed by atoms with Gasteiger partial charge in [-0.25, -0.2) is 0 Å². The van der Waals surface area contributed by atoms with Crippen LogP contribution >= 0.6 is 0 Å². The maximum atomic E-state index is 12.0. The Morgan fingerprint density at radius 1 is 0.960 bits per heavy atom. The normalized spacial score (nSPS) is 11.5. The lowest BCUT2D eigenvalue weighted by Gasteiger charge is -2.16. The first kappa shape index (κ1) is 18.6. The average Bonchev–Trinajstić information content (AvgIpc) is 2.58. The van der Waals surface area contributed by atoms with Crippen molar-refractivity contribution in [1.29, 1.82) is 0 Å². The van der Waals surface area contributed by atoms with Crippen molar-refractivity contribution in [3.63, 3.8) is 0 Å². The van der Waals surface area contributed by atoms with Crippen LogP contribution in [0.2, 0.25) is 0 Å². The minimum Gasteiger partial charge on any atom is -0.497 e. The maximum Gasteiger partial charge on any atom is 0.258 e. The van der Waals surface area contributed by atoms with Crippen molar-refractivity contribution in [2.45, 2.75) is 26.8 Å². The standard InChI is InChI=1S/C20H25NO4/c1-14-9-15(2)11-19(10-14)25-13-20(22)21-16(3)12-24-18-7-5-17(23-4)6-8-18/h5-11,16H,12-13H2,1-4H3,(H,21,22).